The highest BCUT2D eigenvalue weighted by Gasteiger charge is 2.50. The van der Waals surface area contributed by atoms with Crippen molar-refractivity contribution in [1.29, 1.82) is 0 Å². The van der Waals surface area contributed by atoms with E-state index in [1.165, 1.54) is 96.6 Å². The Morgan fingerprint density at radius 3 is 1.23 bits per heavy atom. The first kappa shape index (κ1) is 29.9. The summed E-state index contributed by atoms with van der Waals surface area (Å²) in [5.41, 5.74) is -5.33. The molecule has 0 radical (unpaired) electrons. The molecule has 0 aromatic heterocycles. The van der Waals surface area contributed by atoms with Crippen molar-refractivity contribution >= 4 is 18.4 Å². The Balaban J connectivity index is 3.48. The molecule has 0 fully saturated rings. The highest BCUT2D eigenvalue weighted by Crippen LogP contribution is 2.29. The van der Waals surface area contributed by atoms with Crippen LogP contribution in [0.15, 0.2) is 0 Å². The highest BCUT2D eigenvalue weighted by atomic mass is 32.2. The molecular formula is C22H45F3O3SSi. The van der Waals surface area contributed by atoms with E-state index < -0.39 is 23.9 Å². The van der Waals surface area contributed by atoms with Gasteiger partial charge in [0.25, 0.3) is 0 Å². The molecule has 0 N–H and O–H groups in total. The summed E-state index contributed by atoms with van der Waals surface area (Å²) in [6.45, 7) is 5.31. The first-order chi connectivity index (χ1) is 14.0. The van der Waals surface area contributed by atoms with Crippen LogP contribution < -0.4 is 0 Å². The van der Waals surface area contributed by atoms with E-state index >= 15 is 0 Å². The molecule has 0 saturated carbocycles. The van der Waals surface area contributed by atoms with Crippen LogP contribution in [-0.2, 0) is 14.0 Å². The largest absolute Gasteiger partial charge is 0.522 e. The van der Waals surface area contributed by atoms with Gasteiger partial charge in [-0.05, 0) is 19.1 Å². The number of unbranched alkanes of at least 4 members (excludes halogenated alkanes) is 16. The quantitative estimate of drug-likeness (QED) is 0.101. The Hall–Kier alpha value is -0.0831. The molecular weight excluding hydrogens is 429 g/mol. The lowest BCUT2D eigenvalue weighted by molar-refractivity contribution is -0.0503. The molecule has 0 rings (SSSR count). The van der Waals surface area contributed by atoms with Crippen LogP contribution in [0.4, 0.5) is 13.2 Å². The normalized spacial score (nSPS) is 13.1. The number of hydrogen-bond acceptors (Lipinski definition) is 3. The summed E-state index contributed by atoms with van der Waals surface area (Å²) in [4.78, 5) is 0. The minimum atomic E-state index is -5.47. The summed E-state index contributed by atoms with van der Waals surface area (Å²) in [6, 6.07) is 0.431. The van der Waals surface area contributed by atoms with E-state index in [9.17, 15) is 21.6 Å². The van der Waals surface area contributed by atoms with Gasteiger partial charge < -0.3 is 3.87 Å². The maximum atomic E-state index is 12.4. The molecule has 0 unspecified atom stereocenters. The Morgan fingerprint density at radius 1 is 0.633 bits per heavy atom. The van der Waals surface area contributed by atoms with Gasteiger partial charge in [-0.3, -0.25) is 0 Å². The monoisotopic (exact) mass is 474 g/mol. The van der Waals surface area contributed by atoms with E-state index in [-0.39, 0.29) is 0 Å². The number of hydrogen-bond donors (Lipinski definition) is 0. The predicted molar refractivity (Wildman–Crippen MR) is 123 cm³/mol. The third-order valence-corrected chi connectivity index (χ3v) is 10.3. The Kier molecular flexibility index (Phi) is 16.5. The summed E-state index contributed by atoms with van der Waals surface area (Å²) >= 11 is 0. The summed E-state index contributed by atoms with van der Waals surface area (Å²) in [7, 11) is -8.33. The summed E-state index contributed by atoms with van der Waals surface area (Å²) < 4.78 is 64.0. The number of alkyl halides is 3. The van der Waals surface area contributed by atoms with Gasteiger partial charge in [0, 0.05) is 0 Å². The van der Waals surface area contributed by atoms with E-state index in [1.54, 1.807) is 0 Å². The van der Waals surface area contributed by atoms with Gasteiger partial charge in [-0.1, -0.05) is 116 Å². The van der Waals surface area contributed by atoms with Crippen LogP contribution in [0.5, 0.6) is 0 Å². The van der Waals surface area contributed by atoms with Crippen LogP contribution in [-0.4, -0.2) is 22.2 Å². The number of rotatable bonds is 20. The lowest BCUT2D eigenvalue weighted by atomic mass is 10.0. The van der Waals surface area contributed by atoms with Gasteiger partial charge in [0.2, 0.25) is 8.32 Å². The van der Waals surface area contributed by atoms with Crippen LogP contribution >= 0.6 is 0 Å². The predicted octanol–water partition coefficient (Wildman–Crippen LogP) is 8.71. The van der Waals surface area contributed by atoms with Crippen LogP contribution in [0.1, 0.15) is 116 Å². The van der Waals surface area contributed by atoms with Crippen LogP contribution in [0.3, 0.4) is 0 Å². The number of halogens is 3. The van der Waals surface area contributed by atoms with Crippen molar-refractivity contribution in [3.05, 3.63) is 0 Å². The van der Waals surface area contributed by atoms with Crippen molar-refractivity contribution in [1.82, 2.24) is 0 Å². The van der Waals surface area contributed by atoms with Crippen molar-refractivity contribution in [2.24, 2.45) is 0 Å². The fourth-order valence-electron chi connectivity index (χ4n) is 3.66. The van der Waals surface area contributed by atoms with Crippen molar-refractivity contribution in [3.8, 4) is 0 Å². The topological polar surface area (TPSA) is 43.4 Å². The zero-order valence-electron chi connectivity index (χ0n) is 19.5. The van der Waals surface area contributed by atoms with Crippen molar-refractivity contribution < 1.29 is 25.5 Å². The standard InChI is InChI=1S/C22H45F3O3SSi/c1-4-5-6-7-8-9-10-11-12-13-14-15-16-17-18-19-20-21-30(2,3)28-29(26,27)22(23,24)25/h4-21H2,1-3H3. The third kappa shape index (κ3) is 16.6. The second-order valence-electron chi connectivity index (χ2n) is 9.15. The van der Waals surface area contributed by atoms with Crippen LogP contribution in [0.2, 0.25) is 19.1 Å². The smallest absolute Gasteiger partial charge is 0.308 e. The molecule has 0 bridgehead atoms. The Labute approximate surface area is 184 Å². The van der Waals surface area contributed by atoms with E-state index in [2.05, 4.69) is 10.8 Å². The molecule has 3 nitrogen and oxygen atoms in total. The molecule has 0 aliphatic carbocycles. The average Bonchev–Trinajstić information content (AvgIpc) is 2.62. The lowest BCUT2D eigenvalue weighted by Crippen LogP contribution is -2.38. The van der Waals surface area contributed by atoms with Crippen molar-refractivity contribution in [3.63, 3.8) is 0 Å². The third-order valence-electron chi connectivity index (χ3n) is 5.50. The average molecular weight is 475 g/mol. The maximum absolute atomic E-state index is 12.4. The summed E-state index contributed by atoms with van der Waals surface area (Å²) in [5.74, 6) is 0. The fourth-order valence-corrected chi connectivity index (χ4v) is 7.85. The van der Waals surface area contributed by atoms with Crippen molar-refractivity contribution in [2.75, 3.05) is 0 Å². The molecule has 0 aromatic rings. The minimum absolute atomic E-state index is 0.431. The fraction of sp³-hybridized carbons (Fsp3) is 1.00. The lowest BCUT2D eigenvalue weighted by Gasteiger charge is -2.22. The molecule has 0 atom stereocenters. The minimum Gasteiger partial charge on any atom is -0.308 e. The summed E-state index contributed by atoms with van der Waals surface area (Å²) in [6.07, 6.45) is 21.2. The second kappa shape index (κ2) is 16.5. The Morgan fingerprint density at radius 2 is 0.933 bits per heavy atom. The molecule has 0 aromatic carbocycles. The molecule has 0 aliphatic heterocycles. The van der Waals surface area contributed by atoms with Gasteiger partial charge in [-0.15, -0.1) is 0 Å². The second-order valence-corrected chi connectivity index (χ2v) is 15.2. The highest BCUT2D eigenvalue weighted by molar-refractivity contribution is 7.88. The van der Waals surface area contributed by atoms with Crippen molar-refractivity contribution in [2.45, 2.75) is 141 Å². The summed E-state index contributed by atoms with van der Waals surface area (Å²) in [5, 5.41) is 0. The van der Waals surface area contributed by atoms with Gasteiger partial charge in [-0.25, -0.2) is 0 Å². The van der Waals surface area contributed by atoms with Gasteiger partial charge >= 0.3 is 15.6 Å². The molecule has 0 amide bonds. The van der Waals surface area contributed by atoms with Gasteiger partial charge in [0.05, 0.1) is 0 Å². The van der Waals surface area contributed by atoms with Crippen LogP contribution in [0.25, 0.3) is 0 Å². The molecule has 30 heavy (non-hydrogen) atoms. The molecule has 182 valence electrons. The van der Waals surface area contributed by atoms with E-state index in [0.29, 0.717) is 6.04 Å². The van der Waals surface area contributed by atoms with Gasteiger partial charge in [0.15, 0.2) is 0 Å². The first-order valence-electron chi connectivity index (χ1n) is 12.0. The van der Waals surface area contributed by atoms with E-state index in [0.717, 1.165) is 25.7 Å². The zero-order valence-corrected chi connectivity index (χ0v) is 21.3. The maximum Gasteiger partial charge on any atom is 0.522 e. The van der Waals surface area contributed by atoms with E-state index in [1.807, 2.05) is 0 Å². The molecule has 8 heteroatoms. The van der Waals surface area contributed by atoms with Gasteiger partial charge in [-0.2, -0.15) is 21.6 Å². The zero-order chi connectivity index (χ0) is 22.9. The Bertz CT molecular complexity index is 508. The van der Waals surface area contributed by atoms with E-state index in [4.69, 9.17) is 0 Å². The first-order valence-corrected chi connectivity index (χ1v) is 16.6. The molecule has 0 saturated heterocycles. The molecule has 0 spiro atoms. The van der Waals surface area contributed by atoms with Crippen LogP contribution in [0, 0.1) is 0 Å². The molecule has 0 aliphatic rings. The van der Waals surface area contributed by atoms with Gasteiger partial charge in [0.1, 0.15) is 0 Å². The molecule has 0 heterocycles. The SMILES string of the molecule is CCCCCCCCCCCCCCCCCCC[Si](C)(C)OS(=O)(=O)C(F)(F)F.